The minimum absolute atomic E-state index is 0.306. The highest BCUT2D eigenvalue weighted by Crippen LogP contribution is 2.28. The SMILES string of the molecule is CC(N)c1cc(F)ccc1OCCCCn1cnc2cnc3cc(F)c(Br)cc3c21. The Morgan fingerprint density at radius 3 is 2.77 bits per heavy atom. The van der Waals surface area contributed by atoms with Crippen LogP contribution in [-0.4, -0.2) is 21.1 Å². The molecule has 5 nitrogen and oxygen atoms in total. The lowest BCUT2D eigenvalue weighted by molar-refractivity contribution is 0.299. The summed E-state index contributed by atoms with van der Waals surface area (Å²) in [6.45, 7) is 3.03. The first-order valence-electron chi connectivity index (χ1n) is 9.70. The molecule has 0 saturated heterocycles. The summed E-state index contributed by atoms with van der Waals surface area (Å²) in [4.78, 5) is 8.72. The first kappa shape index (κ1) is 20.7. The van der Waals surface area contributed by atoms with Crippen molar-refractivity contribution in [2.24, 2.45) is 5.73 Å². The lowest BCUT2D eigenvalue weighted by Gasteiger charge is -2.14. The second-order valence-corrected chi connectivity index (χ2v) is 8.09. The summed E-state index contributed by atoms with van der Waals surface area (Å²) < 4.78 is 35.6. The van der Waals surface area contributed by atoms with Gasteiger partial charge in [-0.2, -0.15) is 0 Å². The van der Waals surface area contributed by atoms with Gasteiger partial charge in [0.25, 0.3) is 0 Å². The standard InChI is InChI=1S/C22H21BrF2N4O/c1-13(26)15-8-14(24)4-5-21(15)30-7-3-2-6-29-12-28-20-11-27-19-10-18(25)17(23)9-16(19)22(20)29/h4-5,8-13H,2-3,6-7,26H2,1H3. The van der Waals surface area contributed by atoms with Gasteiger partial charge in [-0.3, -0.25) is 4.98 Å². The summed E-state index contributed by atoms with van der Waals surface area (Å²) in [5, 5.41) is 0.849. The molecule has 0 bridgehead atoms. The van der Waals surface area contributed by atoms with E-state index in [1.54, 1.807) is 31.6 Å². The van der Waals surface area contributed by atoms with Crippen LogP contribution in [0.2, 0.25) is 0 Å². The van der Waals surface area contributed by atoms with Gasteiger partial charge in [0.05, 0.1) is 34.6 Å². The Balaban J connectivity index is 1.44. The molecule has 1 atom stereocenters. The molecule has 0 amide bonds. The van der Waals surface area contributed by atoms with Gasteiger partial charge in [-0.25, -0.2) is 13.8 Å². The molecule has 0 saturated carbocycles. The number of hydrogen-bond acceptors (Lipinski definition) is 4. The third-order valence-corrected chi connectivity index (χ3v) is 5.61. The van der Waals surface area contributed by atoms with Crippen molar-refractivity contribution >= 4 is 37.9 Å². The van der Waals surface area contributed by atoms with Gasteiger partial charge in [-0.1, -0.05) is 0 Å². The number of rotatable bonds is 7. The van der Waals surface area contributed by atoms with E-state index in [0.29, 0.717) is 27.9 Å². The monoisotopic (exact) mass is 474 g/mol. The van der Waals surface area contributed by atoms with Crippen molar-refractivity contribution in [3.63, 3.8) is 0 Å². The van der Waals surface area contributed by atoms with Gasteiger partial charge in [0.15, 0.2) is 0 Å². The molecule has 156 valence electrons. The predicted molar refractivity (Wildman–Crippen MR) is 116 cm³/mol. The Bertz CT molecular complexity index is 1210. The summed E-state index contributed by atoms with van der Waals surface area (Å²) in [6, 6.07) is 7.26. The van der Waals surface area contributed by atoms with E-state index >= 15 is 0 Å². The minimum Gasteiger partial charge on any atom is -0.493 e. The van der Waals surface area contributed by atoms with Crippen molar-refractivity contribution < 1.29 is 13.5 Å². The normalized spacial score (nSPS) is 12.6. The summed E-state index contributed by atoms with van der Waals surface area (Å²) >= 11 is 3.25. The molecule has 2 N–H and O–H groups in total. The molecule has 2 aromatic heterocycles. The molecular formula is C22H21BrF2N4O. The quantitative estimate of drug-likeness (QED) is 0.359. The van der Waals surface area contributed by atoms with Crippen molar-refractivity contribution in [2.45, 2.75) is 32.4 Å². The summed E-state index contributed by atoms with van der Waals surface area (Å²) in [5.74, 6) is -0.0529. The number of aromatic nitrogens is 3. The molecule has 0 aliphatic heterocycles. The predicted octanol–water partition coefficient (Wildman–Crippen LogP) is 5.50. The van der Waals surface area contributed by atoms with E-state index in [1.165, 1.54) is 18.2 Å². The molecule has 1 unspecified atom stereocenters. The van der Waals surface area contributed by atoms with Crippen LogP contribution < -0.4 is 10.5 Å². The van der Waals surface area contributed by atoms with Crippen LogP contribution in [0.3, 0.4) is 0 Å². The van der Waals surface area contributed by atoms with Gasteiger partial charge in [0, 0.05) is 29.6 Å². The maximum Gasteiger partial charge on any atom is 0.139 e. The van der Waals surface area contributed by atoms with Gasteiger partial charge in [-0.15, -0.1) is 0 Å². The number of unbranched alkanes of at least 4 members (excludes halogenated alkanes) is 1. The third-order valence-electron chi connectivity index (χ3n) is 5.00. The largest absolute Gasteiger partial charge is 0.493 e. The first-order valence-corrected chi connectivity index (χ1v) is 10.5. The molecule has 0 spiro atoms. The maximum absolute atomic E-state index is 13.9. The zero-order valence-corrected chi connectivity index (χ0v) is 18.0. The zero-order valence-electron chi connectivity index (χ0n) is 16.4. The van der Waals surface area contributed by atoms with E-state index in [-0.39, 0.29) is 17.7 Å². The van der Waals surface area contributed by atoms with E-state index in [9.17, 15) is 8.78 Å². The molecule has 0 aliphatic carbocycles. The average Bonchev–Trinajstić information content (AvgIpc) is 3.13. The van der Waals surface area contributed by atoms with E-state index < -0.39 is 0 Å². The molecule has 8 heteroatoms. The van der Waals surface area contributed by atoms with Gasteiger partial charge in [-0.05, 0) is 60.0 Å². The smallest absolute Gasteiger partial charge is 0.139 e. The van der Waals surface area contributed by atoms with Crippen molar-refractivity contribution in [1.82, 2.24) is 14.5 Å². The summed E-state index contributed by atoms with van der Waals surface area (Å²) in [6.07, 6.45) is 5.09. The van der Waals surface area contributed by atoms with E-state index in [0.717, 1.165) is 35.8 Å². The van der Waals surface area contributed by atoms with Crippen LogP contribution in [0.1, 0.15) is 31.4 Å². The Morgan fingerprint density at radius 2 is 1.97 bits per heavy atom. The number of aryl methyl sites for hydroxylation is 1. The van der Waals surface area contributed by atoms with Gasteiger partial charge < -0.3 is 15.0 Å². The highest BCUT2D eigenvalue weighted by molar-refractivity contribution is 9.10. The van der Waals surface area contributed by atoms with E-state index in [2.05, 4.69) is 30.5 Å². The number of hydrogen-bond donors (Lipinski definition) is 1. The highest BCUT2D eigenvalue weighted by atomic mass is 79.9. The Kier molecular flexibility index (Phi) is 5.97. The molecule has 0 radical (unpaired) electrons. The Hall–Kier alpha value is -2.58. The number of fused-ring (bicyclic) bond motifs is 3. The molecule has 4 aromatic rings. The van der Waals surface area contributed by atoms with Crippen molar-refractivity contribution in [3.8, 4) is 5.75 Å². The molecule has 4 rings (SSSR count). The molecular weight excluding hydrogens is 454 g/mol. The van der Waals surface area contributed by atoms with E-state index in [1.807, 2.05) is 0 Å². The molecule has 0 fully saturated rings. The topological polar surface area (TPSA) is 66.0 Å². The lowest BCUT2D eigenvalue weighted by Crippen LogP contribution is -2.09. The fourth-order valence-electron chi connectivity index (χ4n) is 3.49. The Morgan fingerprint density at radius 1 is 1.13 bits per heavy atom. The van der Waals surface area contributed by atoms with Crippen molar-refractivity contribution in [1.29, 1.82) is 0 Å². The Labute approximate surface area is 181 Å². The zero-order chi connectivity index (χ0) is 21.3. The van der Waals surface area contributed by atoms with Crippen LogP contribution >= 0.6 is 15.9 Å². The summed E-state index contributed by atoms with van der Waals surface area (Å²) in [5.41, 5.74) is 8.86. The van der Waals surface area contributed by atoms with Crippen LogP contribution in [0.25, 0.3) is 21.9 Å². The van der Waals surface area contributed by atoms with Crippen LogP contribution in [0.4, 0.5) is 8.78 Å². The molecule has 30 heavy (non-hydrogen) atoms. The highest BCUT2D eigenvalue weighted by Gasteiger charge is 2.12. The van der Waals surface area contributed by atoms with Gasteiger partial charge in [0.1, 0.15) is 22.9 Å². The number of imidazole rings is 1. The number of nitrogens with zero attached hydrogens (tertiary/aromatic N) is 3. The van der Waals surface area contributed by atoms with Crippen LogP contribution in [0.15, 0.2) is 47.3 Å². The number of nitrogens with two attached hydrogens (primary N) is 1. The van der Waals surface area contributed by atoms with E-state index in [4.69, 9.17) is 10.5 Å². The maximum atomic E-state index is 13.9. The first-order chi connectivity index (χ1) is 14.4. The number of halogens is 3. The van der Waals surface area contributed by atoms with Gasteiger partial charge in [0.2, 0.25) is 0 Å². The minimum atomic E-state index is -0.343. The number of ether oxygens (including phenoxy) is 1. The third kappa shape index (κ3) is 4.15. The van der Waals surface area contributed by atoms with Crippen LogP contribution in [-0.2, 0) is 6.54 Å². The second kappa shape index (κ2) is 8.65. The lowest BCUT2D eigenvalue weighted by atomic mass is 10.1. The van der Waals surface area contributed by atoms with Crippen molar-refractivity contribution in [3.05, 3.63) is 64.5 Å². The molecule has 2 aromatic carbocycles. The second-order valence-electron chi connectivity index (χ2n) is 7.24. The average molecular weight is 475 g/mol. The fourth-order valence-corrected chi connectivity index (χ4v) is 3.83. The van der Waals surface area contributed by atoms with Crippen LogP contribution in [0, 0.1) is 11.6 Å². The molecule has 0 aliphatic rings. The number of benzene rings is 2. The van der Waals surface area contributed by atoms with Crippen LogP contribution in [0.5, 0.6) is 5.75 Å². The molecule has 2 heterocycles. The summed E-state index contributed by atoms with van der Waals surface area (Å²) in [7, 11) is 0. The number of pyridine rings is 1. The fraction of sp³-hybridized carbons (Fsp3) is 0.273. The van der Waals surface area contributed by atoms with Crippen molar-refractivity contribution in [2.75, 3.05) is 6.61 Å². The van der Waals surface area contributed by atoms with Gasteiger partial charge >= 0.3 is 0 Å².